The number of aryl methyl sites for hydroxylation is 1. The number of hydrogen-bond acceptors (Lipinski definition) is 4. The lowest BCUT2D eigenvalue weighted by Gasteiger charge is -2.28. The smallest absolute Gasteiger partial charge is 0.161 e. The molecule has 1 saturated heterocycles. The third-order valence-electron chi connectivity index (χ3n) is 3.75. The number of nitrogens with zero attached hydrogens (tertiary/aromatic N) is 2. The van der Waals surface area contributed by atoms with Crippen LogP contribution in [-0.2, 0) is 0 Å². The number of benzene rings is 1. The van der Waals surface area contributed by atoms with Gasteiger partial charge >= 0.3 is 0 Å². The van der Waals surface area contributed by atoms with Crippen molar-refractivity contribution >= 4 is 0 Å². The van der Waals surface area contributed by atoms with Gasteiger partial charge in [0.25, 0.3) is 0 Å². The van der Waals surface area contributed by atoms with Crippen molar-refractivity contribution in [3.63, 3.8) is 0 Å². The molecule has 1 heterocycles. The summed E-state index contributed by atoms with van der Waals surface area (Å²) in [5.41, 5.74) is 1.16. The van der Waals surface area contributed by atoms with Crippen molar-refractivity contribution in [1.29, 1.82) is 5.26 Å². The first-order chi connectivity index (χ1) is 9.72. The molecule has 0 atom stereocenters. The summed E-state index contributed by atoms with van der Waals surface area (Å²) in [4.78, 5) is 2.36. The second kappa shape index (κ2) is 7.16. The molecule has 0 aromatic heterocycles. The summed E-state index contributed by atoms with van der Waals surface area (Å²) >= 11 is 0. The van der Waals surface area contributed by atoms with Crippen LogP contribution in [0.3, 0.4) is 0 Å². The van der Waals surface area contributed by atoms with Crippen molar-refractivity contribution in [3.05, 3.63) is 23.8 Å². The number of hydrogen-bond donors (Lipinski definition) is 0. The average Bonchev–Trinajstić information content (AvgIpc) is 2.49. The summed E-state index contributed by atoms with van der Waals surface area (Å²) in [7, 11) is 1.66. The first-order valence-electron chi connectivity index (χ1n) is 7.12. The maximum Gasteiger partial charge on any atom is 0.161 e. The molecule has 20 heavy (non-hydrogen) atoms. The molecule has 1 aromatic rings. The average molecular weight is 274 g/mol. The molecule has 1 aliphatic heterocycles. The fourth-order valence-corrected chi connectivity index (χ4v) is 2.46. The van der Waals surface area contributed by atoms with Gasteiger partial charge in [0, 0.05) is 12.5 Å². The third kappa shape index (κ3) is 3.88. The van der Waals surface area contributed by atoms with E-state index in [1.807, 2.05) is 25.1 Å². The van der Waals surface area contributed by atoms with Crippen LogP contribution >= 0.6 is 0 Å². The maximum atomic E-state index is 8.87. The van der Waals surface area contributed by atoms with Crippen molar-refractivity contribution in [2.45, 2.75) is 19.8 Å². The van der Waals surface area contributed by atoms with E-state index in [-0.39, 0.29) is 5.92 Å². The standard InChI is InChI=1S/C16H22N2O2/c1-13-3-4-15(16(11-13)19-2)20-10-9-18-7-5-14(12-17)6-8-18/h3-4,11,14H,5-10H2,1-2H3. The Morgan fingerprint density at radius 2 is 2.05 bits per heavy atom. The zero-order valence-electron chi connectivity index (χ0n) is 12.3. The molecule has 4 nitrogen and oxygen atoms in total. The fraction of sp³-hybridized carbons (Fsp3) is 0.562. The molecule has 0 N–H and O–H groups in total. The molecule has 1 fully saturated rings. The first-order valence-corrected chi connectivity index (χ1v) is 7.12. The number of likely N-dealkylation sites (tertiary alicyclic amines) is 1. The molecule has 0 bridgehead atoms. The van der Waals surface area contributed by atoms with Crippen LogP contribution in [-0.4, -0.2) is 38.3 Å². The maximum absolute atomic E-state index is 8.87. The van der Waals surface area contributed by atoms with Gasteiger partial charge in [-0.05, 0) is 50.6 Å². The predicted octanol–water partition coefficient (Wildman–Crippen LogP) is 2.62. The van der Waals surface area contributed by atoms with Gasteiger partial charge in [-0.25, -0.2) is 0 Å². The van der Waals surface area contributed by atoms with Crippen molar-refractivity contribution in [2.24, 2.45) is 5.92 Å². The van der Waals surface area contributed by atoms with Crippen molar-refractivity contribution in [3.8, 4) is 17.6 Å². The number of ether oxygens (including phenoxy) is 2. The van der Waals surface area contributed by atoms with Gasteiger partial charge in [0.15, 0.2) is 11.5 Å². The van der Waals surface area contributed by atoms with Gasteiger partial charge in [0.1, 0.15) is 6.61 Å². The van der Waals surface area contributed by atoms with Gasteiger partial charge in [-0.2, -0.15) is 5.26 Å². The normalized spacial score (nSPS) is 16.6. The van der Waals surface area contributed by atoms with E-state index in [0.29, 0.717) is 6.61 Å². The first kappa shape index (κ1) is 14.7. The highest BCUT2D eigenvalue weighted by Gasteiger charge is 2.18. The molecule has 0 saturated carbocycles. The molecular weight excluding hydrogens is 252 g/mol. The Balaban J connectivity index is 1.78. The Bertz CT molecular complexity index is 474. The summed E-state index contributed by atoms with van der Waals surface area (Å²) in [6, 6.07) is 8.31. The van der Waals surface area contributed by atoms with Gasteiger partial charge in [-0.3, -0.25) is 4.90 Å². The van der Waals surface area contributed by atoms with Gasteiger partial charge in [0.2, 0.25) is 0 Å². The lowest BCUT2D eigenvalue weighted by Crippen LogP contribution is -2.36. The number of methoxy groups -OCH3 is 1. The van der Waals surface area contributed by atoms with Gasteiger partial charge in [-0.15, -0.1) is 0 Å². The van der Waals surface area contributed by atoms with E-state index >= 15 is 0 Å². The molecule has 0 radical (unpaired) electrons. The van der Waals surface area contributed by atoms with Crippen LogP contribution in [0, 0.1) is 24.2 Å². The van der Waals surface area contributed by atoms with Crippen LogP contribution in [0.1, 0.15) is 18.4 Å². The highest BCUT2D eigenvalue weighted by Crippen LogP contribution is 2.27. The zero-order chi connectivity index (χ0) is 14.4. The van der Waals surface area contributed by atoms with Crippen LogP contribution < -0.4 is 9.47 Å². The minimum absolute atomic E-state index is 0.240. The molecule has 108 valence electrons. The summed E-state index contributed by atoms with van der Waals surface area (Å²) < 4.78 is 11.1. The summed E-state index contributed by atoms with van der Waals surface area (Å²) in [5, 5.41) is 8.87. The lowest BCUT2D eigenvalue weighted by atomic mass is 9.99. The quantitative estimate of drug-likeness (QED) is 0.828. The van der Waals surface area contributed by atoms with Gasteiger partial charge < -0.3 is 9.47 Å². The van der Waals surface area contributed by atoms with E-state index in [1.54, 1.807) is 7.11 Å². The molecule has 2 rings (SSSR count). The van der Waals surface area contributed by atoms with Crippen LogP contribution in [0.15, 0.2) is 18.2 Å². The Morgan fingerprint density at radius 3 is 2.70 bits per heavy atom. The monoisotopic (exact) mass is 274 g/mol. The molecule has 0 amide bonds. The fourth-order valence-electron chi connectivity index (χ4n) is 2.46. The van der Waals surface area contributed by atoms with E-state index < -0.39 is 0 Å². The van der Waals surface area contributed by atoms with E-state index in [9.17, 15) is 0 Å². The van der Waals surface area contributed by atoms with Crippen LogP contribution in [0.2, 0.25) is 0 Å². The van der Waals surface area contributed by atoms with E-state index in [1.165, 1.54) is 0 Å². The minimum atomic E-state index is 0.240. The third-order valence-corrected chi connectivity index (χ3v) is 3.75. The lowest BCUT2D eigenvalue weighted by molar-refractivity contribution is 0.167. The molecule has 1 aliphatic rings. The second-order valence-corrected chi connectivity index (χ2v) is 5.25. The molecular formula is C16H22N2O2. The second-order valence-electron chi connectivity index (χ2n) is 5.25. The van der Waals surface area contributed by atoms with Crippen LogP contribution in [0.4, 0.5) is 0 Å². The van der Waals surface area contributed by atoms with E-state index in [0.717, 1.165) is 49.5 Å². The largest absolute Gasteiger partial charge is 0.493 e. The molecule has 4 heteroatoms. The van der Waals surface area contributed by atoms with Crippen molar-refractivity contribution < 1.29 is 9.47 Å². The Kier molecular flexibility index (Phi) is 5.25. The summed E-state index contributed by atoms with van der Waals surface area (Å²) in [6.07, 6.45) is 1.95. The van der Waals surface area contributed by atoms with E-state index in [2.05, 4.69) is 11.0 Å². The highest BCUT2D eigenvalue weighted by atomic mass is 16.5. The highest BCUT2D eigenvalue weighted by molar-refractivity contribution is 5.42. The predicted molar refractivity (Wildman–Crippen MR) is 78.0 cm³/mol. The molecule has 0 aliphatic carbocycles. The number of piperidine rings is 1. The topological polar surface area (TPSA) is 45.5 Å². The van der Waals surface area contributed by atoms with Gasteiger partial charge in [-0.1, -0.05) is 6.07 Å². The Hall–Kier alpha value is -1.73. The SMILES string of the molecule is COc1cc(C)ccc1OCCN1CCC(C#N)CC1. The zero-order valence-corrected chi connectivity index (χ0v) is 12.3. The van der Waals surface area contributed by atoms with Crippen molar-refractivity contribution in [1.82, 2.24) is 4.90 Å². The number of rotatable bonds is 5. The summed E-state index contributed by atoms with van der Waals surface area (Å²) in [5.74, 6) is 1.82. The van der Waals surface area contributed by atoms with Gasteiger partial charge in [0.05, 0.1) is 13.2 Å². The minimum Gasteiger partial charge on any atom is -0.493 e. The Morgan fingerprint density at radius 1 is 1.30 bits per heavy atom. The van der Waals surface area contributed by atoms with Crippen LogP contribution in [0.5, 0.6) is 11.5 Å². The summed E-state index contributed by atoms with van der Waals surface area (Å²) in [6.45, 7) is 5.57. The Labute approximate surface area is 120 Å². The molecule has 1 aromatic carbocycles. The molecule has 0 unspecified atom stereocenters. The number of nitriles is 1. The van der Waals surface area contributed by atoms with Crippen LogP contribution in [0.25, 0.3) is 0 Å². The van der Waals surface area contributed by atoms with E-state index in [4.69, 9.17) is 14.7 Å². The molecule has 0 spiro atoms. The van der Waals surface area contributed by atoms with Crippen molar-refractivity contribution in [2.75, 3.05) is 33.4 Å².